The first-order chi connectivity index (χ1) is 13.5. The topological polar surface area (TPSA) is 79.0 Å². The fraction of sp³-hybridized carbons (Fsp3) is 0.300. The zero-order valence-electron chi connectivity index (χ0n) is 15.3. The van der Waals surface area contributed by atoms with E-state index in [1.54, 1.807) is 6.20 Å². The number of carbonyl (C=O) groups is 1. The number of aromatic amines is 1. The van der Waals surface area contributed by atoms with E-state index in [9.17, 15) is 13.6 Å². The first-order valence-corrected chi connectivity index (χ1v) is 9.09. The van der Waals surface area contributed by atoms with Crippen LogP contribution in [0, 0.1) is 18.6 Å². The van der Waals surface area contributed by atoms with E-state index < -0.39 is 17.7 Å². The van der Waals surface area contributed by atoms with Crippen molar-refractivity contribution in [2.75, 3.05) is 23.8 Å². The number of amides is 2. The molecule has 0 spiro atoms. The van der Waals surface area contributed by atoms with Crippen molar-refractivity contribution in [1.82, 2.24) is 9.97 Å². The Morgan fingerprint density at radius 2 is 1.93 bits per heavy atom. The molecular weight excluding hydrogens is 366 g/mol. The second kappa shape index (κ2) is 7.55. The molecular formula is C20H20F2N4O2. The van der Waals surface area contributed by atoms with Gasteiger partial charge in [-0.05, 0) is 37.5 Å². The van der Waals surface area contributed by atoms with Gasteiger partial charge in [-0.3, -0.25) is 4.98 Å². The van der Waals surface area contributed by atoms with E-state index in [-0.39, 0.29) is 0 Å². The maximum atomic E-state index is 13.5. The SMILES string of the molecule is Cc1cc(NC(=O)Nc2c[nH]c3cc(F)c(F)cc23)cnc1C1CCOCC1. The van der Waals surface area contributed by atoms with Crippen molar-refractivity contribution in [2.24, 2.45) is 0 Å². The molecule has 8 heteroatoms. The third kappa shape index (κ3) is 3.68. The third-order valence-corrected chi connectivity index (χ3v) is 4.96. The average molecular weight is 386 g/mol. The number of nitrogens with zero attached hydrogens (tertiary/aromatic N) is 1. The number of carbonyl (C=O) groups excluding carboxylic acids is 1. The van der Waals surface area contributed by atoms with E-state index in [4.69, 9.17) is 4.74 Å². The summed E-state index contributed by atoms with van der Waals surface area (Å²) in [5.41, 5.74) is 3.35. The summed E-state index contributed by atoms with van der Waals surface area (Å²) in [6, 6.07) is 3.48. The number of aromatic nitrogens is 2. The standard InChI is InChI=1S/C20H20F2N4O2/c1-11-6-13(9-24-19(11)12-2-4-28-5-3-12)25-20(27)26-18-10-23-17-8-16(22)15(21)7-14(17)18/h6-10,12,23H,2-5H2,1H3,(H2,25,26,27). The molecule has 6 nitrogen and oxygen atoms in total. The number of hydrogen-bond acceptors (Lipinski definition) is 3. The first-order valence-electron chi connectivity index (χ1n) is 9.09. The number of pyridine rings is 1. The van der Waals surface area contributed by atoms with Gasteiger partial charge in [-0.1, -0.05) is 0 Å². The Morgan fingerprint density at radius 3 is 2.68 bits per heavy atom. The van der Waals surface area contributed by atoms with Crippen LogP contribution in [0.25, 0.3) is 10.9 Å². The summed E-state index contributed by atoms with van der Waals surface area (Å²) in [7, 11) is 0. The number of ether oxygens (including phenoxy) is 1. The van der Waals surface area contributed by atoms with Crippen LogP contribution in [0.1, 0.15) is 30.0 Å². The molecule has 146 valence electrons. The fourth-order valence-electron chi connectivity index (χ4n) is 3.56. The number of anilines is 2. The van der Waals surface area contributed by atoms with Crippen molar-refractivity contribution in [3.05, 3.63) is 53.5 Å². The van der Waals surface area contributed by atoms with Gasteiger partial charge < -0.3 is 20.4 Å². The van der Waals surface area contributed by atoms with Crippen LogP contribution < -0.4 is 10.6 Å². The Bertz CT molecular complexity index is 1030. The van der Waals surface area contributed by atoms with E-state index in [2.05, 4.69) is 20.6 Å². The van der Waals surface area contributed by atoms with Crippen LogP contribution in [0.15, 0.2) is 30.6 Å². The summed E-state index contributed by atoms with van der Waals surface area (Å²) in [4.78, 5) is 19.7. The highest BCUT2D eigenvalue weighted by atomic mass is 19.2. The molecule has 3 N–H and O–H groups in total. The lowest BCUT2D eigenvalue weighted by molar-refractivity contribution is 0.0844. The van der Waals surface area contributed by atoms with Gasteiger partial charge in [-0.15, -0.1) is 0 Å². The second-order valence-electron chi connectivity index (χ2n) is 6.91. The maximum absolute atomic E-state index is 13.5. The number of aryl methyl sites for hydroxylation is 1. The summed E-state index contributed by atoms with van der Waals surface area (Å²) in [5.74, 6) is -1.55. The number of hydrogen-bond donors (Lipinski definition) is 3. The lowest BCUT2D eigenvalue weighted by Crippen LogP contribution is -2.20. The highest BCUT2D eigenvalue weighted by Crippen LogP contribution is 2.29. The normalized spacial score (nSPS) is 15.0. The quantitative estimate of drug-likeness (QED) is 0.611. The Labute approximate surface area is 160 Å². The Kier molecular flexibility index (Phi) is 4.95. The van der Waals surface area contributed by atoms with Gasteiger partial charge in [0.05, 0.1) is 23.1 Å². The predicted molar refractivity (Wildman–Crippen MR) is 103 cm³/mol. The molecule has 0 aliphatic carbocycles. The highest BCUT2D eigenvalue weighted by molar-refractivity contribution is 6.05. The predicted octanol–water partition coefficient (Wildman–Crippen LogP) is 4.69. The molecule has 0 atom stereocenters. The van der Waals surface area contributed by atoms with Gasteiger partial charge in [0.15, 0.2) is 11.6 Å². The van der Waals surface area contributed by atoms with E-state index >= 15 is 0 Å². The molecule has 3 aromatic rings. The van der Waals surface area contributed by atoms with E-state index in [0.717, 1.165) is 49.4 Å². The average Bonchev–Trinajstić information content (AvgIpc) is 3.04. The lowest BCUT2D eigenvalue weighted by atomic mass is 9.93. The van der Waals surface area contributed by atoms with Crippen LogP contribution in [0.3, 0.4) is 0 Å². The van der Waals surface area contributed by atoms with Crippen LogP contribution >= 0.6 is 0 Å². The van der Waals surface area contributed by atoms with Gasteiger partial charge in [-0.2, -0.15) is 0 Å². The Morgan fingerprint density at radius 1 is 1.18 bits per heavy atom. The monoisotopic (exact) mass is 386 g/mol. The summed E-state index contributed by atoms with van der Waals surface area (Å²) in [6.07, 6.45) is 5.00. The molecule has 1 saturated heterocycles. The minimum Gasteiger partial charge on any atom is -0.381 e. The summed E-state index contributed by atoms with van der Waals surface area (Å²) in [5, 5.41) is 5.75. The zero-order chi connectivity index (χ0) is 19.7. The van der Waals surface area contributed by atoms with Crippen LogP contribution in [-0.4, -0.2) is 29.2 Å². The summed E-state index contributed by atoms with van der Waals surface area (Å²) >= 11 is 0. The Hall–Kier alpha value is -3.00. The molecule has 4 rings (SSSR count). The minimum atomic E-state index is -0.973. The Balaban J connectivity index is 1.46. The molecule has 0 unspecified atom stereocenters. The van der Waals surface area contributed by atoms with Crippen LogP contribution in [-0.2, 0) is 4.74 Å². The molecule has 0 radical (unpaired) electrons. The van der Waals surface area contributed by atoms with Crippen molar-refractivity contribution < 1.29 is 18.3 Å². The lowest BCUT2D eigenvalue weighted by Gasteiger charge is -2.23. The summed E-state index contributed by atoms with van der Waals surface area (Å²) in [6.45, 7) is 3.45. The minimum absolute atomic E-state index is 0.356. The number of fused-ring (bicyclic) bond motifs is 1. The molecule has 1 fully saturated rings. The highest BCUT2D eigenvalue weighted by Gasteiger charge is 2.19. The molecule has 1 aromatic carbocycles. The molecule has 0 bridgehead atoms. The molecule has 2 aromatic heterocycles. The van der Waals surface area contributed by atoms with E-state index in [1.165, 1.54) is 6.20 Å². The van der Waals surface area contributed by atoms with Crippen molar-refractivity contribution in [1.29, 1.82) is 0 Å². The third-order valence-electron chi connectivity index (χ3n) is 4.96. The first kappa shape index (κ1) is 18.4. The van der Waals surface area contributed by atoms with E-state index in [0.29, 0.717) is 28.2 Å². The largest absolute Gasteiger partial charge is 0.381 e. The molecule has 2 amide bonds. The van der Waals surface area contributed by atoms with Gasteiger partial charge in [0, 0.05) is 42.5 Å². The number of benzene rings is 1. The zero-order valence-corrected chi connectivity index (χ0v) is 15.3. The number of H-pyrrole nitrogens is 1. The maximum Gasteiger partial charge on any atom is 0.323 e. The van der Waals surface area contributed by atoms with Crippen molar-refractivity contribution in [3.8, 4) is 0 Å². The molecule has 3 heterocycles. The van der Waals surface area contributed by atoms with Crippen LogP contribution in [0.4, 0.5) is 25.0 Å². The van der Waals surface area contributed by atoms with Gasteiger partial charge in [0.2, 0.25) is 0 Å². The van der Waals surface area contributed by atoms with Crippen molar-refractivity contribution in [3.63, 3.8) is 0 Å². The second-order valence-corrected chi connectivity index (χ2v) is 6.91. The van der Waals surface area contributed by atoms with Gasteiger partial charge in [-0.25, -0.2) is 13.6 Å². The molecule has 1 aliphatic heterocycles. The fourth-order valence-corrected chi connectivity index (χ4v) is 3.56. The summed E-state index contributed by atoms with van der Waals surface area (Å²) < 4.78 is 32.2. The molecule has 0 saturated carbocycles. The molecule has 28 heavy (non-hydrogen) atoms. The number of nitrogens with one attached hydrogen (secondary N) is 3. The smallest absolute Gasteiger partial charge is 0.323 e. The van der Waals surface area contributed by atoms with E-state index in [1.807, 2.05) is 13.0 Å². The van der Waals surface area contributed by atoms with Gasteiger partial charge in [0.1, 0.15) is 0 Å². The molecule has 1 aliphatic rings. The number of halogens is 2. The van der Waals surface area contributed by atoms with Crippen LogP contribution in [0.2, 0.25) is 0 Å². The van der Waals surface area contributed by atoms with Crippen molar-refractivity contribution in [2.45, 2.75) is 25.7 Å². The van der Waals surface area contributed by atoms with Crippen molar-refractivity contribution >= 4 is 28.3 Å². The van der Waals surface area contributed by atoms with Crippen LogP contribution in [0.5, 0.6) is 0 Å². The number of urea groups is 1. The van der Waals surface area contributed by atoms with Gasteiger partial charge >= 0.3 is 6.03 Å². The number of rotatable bonds is 3. The van der Waals surface area contributed by atoms with Gasteiger partial charge in [0.25, 0.3) is 0 Å².